The van der Waals surface area contributed by atoms with Crippen molar-refractivity contribution in [1.82, 2.24) is 9.55 Å². The predicted octanol–water partition coefficient (Wildman–Crippen LogP) is 4.06. The zero-order valence-corrected chi connectivity index (χ0v) is 12.9. The van der Waals surface area contributed by atoms with Crippen LogP contribution in [0.25, 0.3) is 10.9 Å². The second kappa shape index (κ2) is 4.84. The summed E-state index contributed by atoms with van der Waals surface area (Å²) >= 11 is 6.35. The fourth-order valence-corrected chi connectivity index (χ4v) is 3.57. The lowest BCUT2D eigenvalue weighted by molar-refractivity contribution is 0.370. The molecule has 2 fully saturated rings. The number of hydrogen-bond donors (Lipinski definition) is 0. The van der Waals surface area contributed by atoms with E-state index in [1.165, 1.54) is 25.7 Å². The summed E-state index contributed by atoms with van der Waals surface area (Å²) in [5.74, 6) is 2.03. The molecule has 4 heteroatoms. The molecule has 3 nitrogen and oxygen atoms in total. The summed E-state index contributed by atoms with van der Waals surface area (Å²) in [7, 11) is 0. The Kier molecular flexibility index (Phi) is 3.07. The molecule has 110 valence electrons. The Morgan fingerprint density at radius 3 is 2.38 bits per heavy atom. The molecule has 0 N–H and O–H groups in total. The second-order valence-electron chi connectivity index (χ2n) is 6.44. The predicted molar refractivity (Wildman–Crippen MR) is 84.8 cm³/mol. The Bertz CT molecular complexity index is 732. The highest BCUT2D eigenvalue weighted by Crippen LogP contribution is 2.52. The number of fused-ring (bicyclic) bond motifs is 1. The molecule has 0 amide bonds. The van der Waals surface area contributed by atoms with Crippen molar-refractivity contribution in [3.8, 4) is 0 Å². The number of halogens is 1. The van der Waals surface area contributed by atoms with Crippen molar-refractivity contribution in [2.45, 2.75) is 44.0 Å². The van der Waals surface area contributed by atoms with Crippen molar-refractivity contribution in [2.75, 3.05) is 0 Å². The van der Waals surface area contributed by atoms with Crippen molar-refractivity contribution in [3.05, 3.63) is 40.4 Å². The largest absolute Gasteiger partial charge is 0.291 e. The highest BCUT2D eigenvalue weighted by molar-refractivity contribution is 6.20. The van der Waals surface area contributed by atoms with E-state index in [2.05, 4.69) is 0 Å². The smallest absolute Gasteiger partial charge is 0.261 e. The van der Waals surface area contributed by atoms with Crippen LogP contribution in [0.15, 0.2) is 29.1 Å². The van der Waals surface area contributed by atoms with Crippen LogP contribution < -0.4 is 5.56 Å². The van der Waals surface area contributed by atoms with Crippen LogP contribution in [0, 0.1) is 11.8 Å². The van der Waals surface area contributed by atoms with E-state index < -0.39 is 0 Å². The molecule has 1 atom stereocenters. The highest BCUT2D eigenvalue weighted by atomic mass is 35.5. The molecule has 0 saturated heterocycles. The molecular formula is C17H19ClN2O. The fraction of sp³-hybridized carbons (Fsp3) is 0.529. The zero-order valence-electron chi connectivity index (χ0n) is 12.1. The van der Waals surface area contributed by atoms with Gasteiger partial charge in [-0.1, -0.05) is 12.1 Å². The first-order valence-electron chi connectivity index (χ1n) is 7.82. The van der Waals surface area contributed by atoms with Crippen molar-refractivity contribution in [3.63, 3.8) is 0 Å². The Hall–Kier alpha value is -1.35. The van der Waals surface area contributed by atoms with Crippen LogP contribution in [0.5, 0.6) is 0 Å². The van der Waals surface area contributed by atoms with Gasteiger partial charge in [-0.3, -0.25) is 9.36 Å². The summed E-state index contributed by atoms with van der Waals surface area (Å²) in [6.07, 6.45) is 4.93. The maximum atomic E-state index is 13.0. The van der Waals surface area contributed by atoms with Gasteiger partial charge in [-0.15, -0.1) is 11.6 Å². The van der Waals surface area contributed by atoms with Crippen molar-refractivity contribution in [1.29, 1.82) is 0 Å². The third-order valence-electron chi connectivity index (χ3n) is 4.70. The quantitative estimate of drug-likeness (QED) is 0.798. The number of alkyl halides is 1. The van der Waals surface area contributed by atoms with Crippen molar-refractivity contribution in [2.24, 2.45) is 11.8 Å². The van der Waals surface area contributed by atoms with Crippen LogP contribution >= 0.6 is 11.6 Å². The molecule has 2 saturated carbocycles. The molecule has 2 aliphatic rings. The molecule has 2 aliphatic carbocycles. The van der Waals surface area contributed by atoms with Gasteiger partial charge in [-0.2, -0.15) is 0 Å². The molecule has 1 unspecified atom stereocenters. The molecule has 21 heavy (non-hydrogen) atoms. The average Bonchev–Trinajstić information content (AvgIpc) is 3.36. The molecule has 0 aliphatic heterocycles. The van der Waals surface area contributed by atoms with Crippen molar-refractivity contribution >= 4 is 22.5 Å². The average molecular weight is 303 g/mol. The number of nitrogens with zero attached hydrogens (tertiary/aromatic N) is 2. The number of aromatic nitrogens is 2. The lowest BCUT2D eigenvalue weighted by Gasteiger charge is -2.24. The van der Waals surface area contributed by atoms with Gasteiger partial charge >= 0.3 is 0 Å². The van der Waals surface area contributed by atoms with E-state index in [0.29, 0.717) is 23.3 Å². The van der Waals surface area contributed by atoms with Crippen LogP contribution in [-0.4, -0.2) is 9.55 Å². The topological polar surface area (TPSA) is 34.9 Å². The molecule has 1 aromatic heterocycles. The van der Waals surface area contributed by atoms with Crippen LogP contribution in [-0.2, 0) is 0 Å². The van der Waals surface area contributed by atoms with Crippen LogP contribution in [0.2, 0.25) is 0 Å². The maximum absolute atomic E-state index is 13.0. The van der Waals surface area contributed by atoms with Gasteiger partial charge in [0, 0.05) is 6.04 Å². The van der Waals surface area contributed by atoms with E-state index in [1.54, 1.807) is 0 Å². The molecule has 1 aromatic carbocycles. The van der Waals surface area contributed by atoms with E-state index in [-0.39, 0.29) is 10.9 Å². The maximum Gasteiger partial charge on any atom is 0.261 e. The zero-order chi connectivity index (χ0) is 14.6. The van der Waals surface area contributed by atoms with Crippen molar-refractivity contribution < 1.29 is 0 Å². The molecule has 0 spiro atoms. The van der Waals surface area contributed by atoms with Crippen LogP contribution in [0.3, 0.4) is 0 Å². The Labute approximate surface area is 128 Å². The number of benzene rings is 1. The molecule has 2 aromatic rings. The second-order valence-corrected chi connectivity index (χ2v) is 7.10. The van der Waals surface area contributed by atoms with Gasteiger partial charge in [0.15, 0.2) is 0 Å². The molecule has 1 heterocycles. The fourth-order valence-electron chi connectivity index (χ4n) is 3.41. The Morgan fingerprint density at radius 1 is 1.19 bits per heavy atom. The minimum absolute atomic E-state index is 0.0897. The van der Waals surface area contributed by atoms with Gasteiger partial charge in [0.05, 0.1) is 16.3 Å². The Morgan fingerprint density at radius 2 is 1.81 bits per heavy atom. The van der Waals surface area contributed by atoms with E-state index in [9.17, 15) is 4.79 Å². The summed E-state index contributed by atoms with van der Waals surface area (Å²) in [6.45, 7) is 1.91. The van der Waals surface area contributed by atoms with Gasteiger partial charge in [0.25, 0.3) is 5.56 Å². The summed E-state index contributed by atoms with van der Waals surface area (Å²) in [6, 6.07) is 7.91. The molecule has 0 radical (unpaired) electrons. The van der Waals surface area contributed by atoms with Gasteiger partial charge in [0.1, 0.15) is 5.82 Å². The molecular weight excluding hydrogens is 284 g/mol. The van der Waals surface area contributed by atoms with Gasteiger partial charge in [0.2, 0.25) is 0 Å². The standard InChI is InChI=1S/C17H19ClN2O/c1-10(18)16-19-14-5-3-2-4-13(14)17(21)20(16)15(11-6-7-11)12-8-9-12/h2-5,10-12,15H,6-9H2,1H3. The number of hydrogen-bond acceptors (Lipinski definition) is 2. The third kappa shape index (κ3) is 2.28. The minimum atomic E-state index is -0.248. The molecule has 0 bridgehead atoms. The van der Waals surface area contributed by atoms with E-state index in [0.717, 1.165) is 11.3 Å². The number of rotatable bonds is 4. The summed E-state index contributed by atoms with van der Waals surface area (Å²) in [4.78, 5) is 17.7. The third-order valence-corrected chi connectivity index (χ3v) is 4.89. The van der Waals surface area contributed by atoms with Gasteiger partial charge in [-0.25, -0.2) is 4.98 Å². The molecule has 4 rings (SSSR count). The summed E-state index contributed by atoms with van der Waals surface area (Å²) < 4.78 is 1.94. The lowest BCUT2D eigenvalue weighted by Crippen LogP contribution is -2.31. The summed E-state index contributed by atoms with van der Waals surface area (Å²) in [5.41, 5.74) is 0.846. The number of para-hydroxylation sites is 1. The monoisotopic (exact) mass is 302 g/mol. The first-order valence-corrected chi connectivity index (χ1v) is 8.25. The van der Waals surface area contributed by atoms with Crippen LogP contribution in [0.1, 0.15) is 49.9 Å². The highest BCUT2D eigenvalue weighted by Gasteiger charge is 2.44. The van der Waals surface area contributed by atoms with Gasteiger partial charge < -0.3 is 0 Å². The first kappa shape index (κ1) is 13.3. The normalized spacial score (nSPS) is 20.1. The summed E-state index contributed by atoms with van der Waals surface area (Å²) in [5, 5.41) is 0.465. The minimum Gasteiger partial charge on any atom is -0.291 e. The lowest BCUT2D eigenvalue weighted by atomic mass is 10.1. The first-order chi connectivity index (χ1) is 10.2. The SMILES string of the molecule is CC(Cl)c1nc2ccccc2c(=O)n1C(C1CC1)C1CC1. The van der Waals surface area contributed by atoms with E-state index in [1.807, 2.05) is 35.8 Å². The Balaban J connectivity index is 1.98. The van der Waals surface area contributed by atoms with Crippen LogP contribution in [0.4, 0.5) is 0 Å². The van der Waals surface area contributed by atoms with Gasteiger partial charge in [-0.05, 0) is 56.6 Å². The van der Waals surface area contributed by atoms with E-state index >= 15 is 0 Å². The van der Waals surface area contributed by atoms with E-state index in [4.69, 9.17) is 16.6 Å².